The predicted molar refractivity (Wildman–Crippen MR) is 206 cm³/mol. The molecule has 296 valence electrons. The van der Waals surface area contributed by atoms with Crippen molar-refractivity contribution in [1.29, 1.82) is 0 Å². The summed E-state index contributed by atoms with van der Waals surface area (Å²) in [6, 6.07) is -0.260. The van der Waals surface area contributed by atoms with Gasteiger partial charge in [0, 0.05) is 45.2 Å². The summed E-state index contributed by atoms with van der Waals surface area (Å²) in [5.41, 5.74) is 3.44. The Labute approximate surface area is 316 Å². The lowest BCUT2D eigenvalue weighted by Gasteiger charge is -2.63. The molecule has 1 aliphatic heterocycles. The SMILES string of the molecule is CCNC(=O)CCC(C)C1CCC2C3C(CC[C@]12C)[C@@]1(C)CC[C@@H](ON2CCC[C@H]2C(=O)CCC(C)=O)C[C@H]1C[C@H]3ONCC(=O)CCC(C)=O.P. The Bertz CT molecular complexity index is 1280. The molecule has 0 radical (unpaired) electrons. The minimum atomic E-state index is -0.260. The maximum Gasteiger partial charge on any atom is 0.219 e. The molecule has 4 saturated carbocycles. The molecule has 0 aromatic carbocycles. The standard InChI is InChI=1S/C41H67N3O7.H3P/c1-7-42-38(49)17-10-26(2)32-14-15-33-39-34(19-21-41(32,33)6)40(5)20-18-31(51-44-22-8-9-35(44)36(48)16-12-28(4)46)23-29(40)24-37(39)50-43-25-30(47)13-11-27(3)45;/h26,29,31-35,37,39,43H,7-25H2,1-6H3,(H,42,49);1H3/t26?,29-,31+,32?,33?,34?,35-,37+,39?,40-,41+;/m0./s1. The zero-order valence-corrected chi connectivity index (χ0v) is 34.6. The second-order valence-electron chi connectivity index (χ2n) is 17.6. The van der Waals surface area contributed by atoms with Gasteiger partial charge >= 0.3 is 0 Å². The monoisotopic (exact) mass is 747 g/mol. The van der Waals surface area contributed by atoms with E-state index < -0.39 is 0 Å². The molecular weight excluding hydrogens is 677 g/mol. The Kier molecular flexibility index (Phi) is 15.6. The minimum absolute atomic E-state index is 0. The molecule has 5 rings (SSSR count). The fraction of sp³-hybridized carbons (Fsp3) is 0.878. The molecule has 0 aromatic heterocycles. The zero-order valence-electron chi connectivity index (χ0n) is 33.1. The summed E-state index contributed by atoms with van der Waals surface area (Å²) in [6.07, 6.45) is 12.9. The van der Waals surface area contributed by atoms with Crippen molar-refractivity contribution in [2.24, 2.45) is 46.3 Å². The van der Waals surface area contributed by atoms with E-state index in [1.54, 1.807) is 0 Å². The molecule has 12 atom stereocenters. The van der Waals surface area contributed by atoms with Crippen molar-refractivity contribution in [3.63, 3.8) is 0 Å². The van der Waals surface area contributed by atoms with Crippen molar-refractivity contribution in [3.05, 3.63) is 0 Å². The largest absolute Gasteiger partial charge is 0.356 e. The number of rotatable bonds is 18. The molecule has 2 N–H and O–H groups in total. The smallest absolute Gasteiger partial charge is 0.219 e. The lowest BCUT2D eigenvalue weighted by molar-refractivity contribution is -0.245. The quantitative estimate of drug-likeness (QED) is 0.121. The van der Waals surface area contributed by atoms with Gasteiger partial charge in [-0.25, -0.2) is 0 Å². The van der Waals surface area contributed by atoms with Crippen LogP contribution in [0, 0.1) is 46.3 Å². The van der Waals surface area contributed by atoms with E-state index in [2.05, 4.69) is 31.6 Å². The van der Waals surface area contributed by atoms with E-state index in [4.69, 9.17) is 9.68 Å². The van der Waals surface area contributed by atoms with Gasteiger partial charge in [-0.3, -0.25) is 24.1 Å². The average molecular weight is 748 g/mol. The molecule has 52 heavy (non-hydrogen) atoms. The van der Waals surface area contributed by atoms with E-state index in [0.29, 0.717) is 54.9 Å². The van der Waals surface area contributed by atoms with E-state index in [0.717, 1.165) is 57.9 Å². The van der Waals surface area contributed by atoms with Crippen LogP contribution in [0.25, 0.3) is 0 Å². The molecule has 1 amide bonds. The number of carbonyl (C=O) groups excluding carboxylic acids is 5. The van der Waals surface area contributed by atoms with Gasteiger partial charge < -0.3 is 14.9 Å². The highest BCUT2D eigenvalue weighted by Crippen LogP contribution is 2.68. The van der Waals surface area contributed by atoms with Crippen molar-refractivity contribution < 1.29 is 33.6 Å². The first-order valence-corrected chi connectivity index (χ1v) is 20.4. The Morgan fingerprint density at radius 1 is 0.846 bits per heavy atom. The first kappa shape index (κ1) is 43.2. The van der Waals surface area contributed by atoms with Crippen LogP contribution in [0.5, 0.6) is 0 Å². The molecule has 4 aliphatic carbocycles. The van der Waals surface area contributed by atoms with Gasteiger partial charge in [-0.05, 0) is 138 Å². The maximum absolute atomic E-state index is 13.0. The summed E-state index contributed by atoms with van der Waals surface area (Å²) < 4.78 is 0. The van der Waals surface area contributed by atoms with Gasteiger partial charge in [-0.15, -0.1) is 0 Å². The van der Waals surface area contributed by atoms with Crippen molar-refractivity contribution in [1.82, 2.24) is 15.9 Å². The van der Waals surface area contributed by atoms with Crippen molar-refractivity contribution >= 4 is 38.9 Å². The molecule has 5 fully saturated rings. The highest BCUT2D eigenvalue weighted by atomic mass is 31.0. The summed E-state index contributed by atoms with van der Waals surface area (Å²) in [4.78, 5) is 74.3. The Morgan fingerprint density at radius 2 is 1.54 bits per heavy atom. The van der Waals surface area contributed by atoms with Gasteiger partial charge in [-0.2, -0.15) is 20.4 Å². The molecule has 11 heteroatoms. The number of hydrogen-bond donors (Lipinski definition) is 2. The Hall–Kier alpha value is -1.58. The summed E-state index contributed by atoms with van der Waals surface area (Å²) >= 11 is 0. The summed E-state index contributed by atoms with van der Waals surface area (Å²) in [6.45, 7) is 13.9. The number of nitrogens with zero attached hydrogens (tertiary/aromatic N) is 1. The lowest BCUT2D eigenvalue weighted by Crippen LogP contribution is -2.60. The molecule has 10 nitrogen and oxygen atoms in total. The van der Waals surface area contributed by atoms with Gasteiger partial charge in [-0.1, -0.05) is 20.8 Å². The lowest BCUT2D eigenvalue weighted by atomic mass is 9.43. The zero-order chi connectivity index (χ0) is 36.9. The summed E-state index contributed by atoms with van der Waals surface area (Å²) in [5.74, 6) is 3.15. The fourth-order valence-corrected chi connectivity index (χ4v) is 11.7. The van der Waals surface area contributed by atoms with Gasteiger partial charge in [0.25, 0.3) is 0 Å². The van der Waals surface area contributed by atoms with Crippen LogP contribution in [0.2, 0.25) is 0 Å². The first-order chi connectivity index (χ1) is 24.3. The van der Waals surface area contributed by atoms with Crippen LogP contribution in [-0.2, 0) is 33.6 Å². The van der Waals surface area contributed by atoms with Gasteiger partial charge in [0.05, 0.1) is 24.8 Å². The van der Waals surface area contributed by atoms with Crippen molar-refractivity contribution in [3.8, 4) is 0 Å². The molecule has 1 heterocycles. The Balaban J connectivity index is 0.00000605. The van der Waals surface area contributed by atoms with Gasteiger partial charge in [0.15, 0.2) is 5.78 Å². The number of carbonyl (C=O) groups is 5. The second kappa shape index (κ2) is 18.8. The van der Waals surface area contributed by atoms with Crippen molar-refractivity contribution in [2.75, 3.05) is 19.6 Å². The predicted octanol–water partition coefficient (Wildman–Crippen LogP) is 6.40. The number of fused-ring (bicyclic) bond motifs is 5. The van der Waals surface area contributed by atoms with E-state index in [1.807, 2.05) is 12.0 Å². The van der Waals surface area contributed by atoms with Crippen LogP contribution >= 0.6 is 9.90 Å². The van der Waals surface area contributed by atoms with Crippen LogP contribution in [0.4, 0.5) is 0 Å². The molecule has 5 aliphatic rings. The number of amides is 1. The molecule has 0 bridgehead atoms. The highest BCUT2D eigenvalue weighted by Gasteiger charge is 2.63. The molecule has 0 aromatic rings. The topological polar surface area (TPSA) is 131 Å². The third kappa shape index (κ3) is 9.80. The highest BCUT2D eigenvalue weighted by molar-refractivity contribution is 6.92. The normalized spacial score (nSPS) is 36.1. The maximum atomic E-state index is 13.0. The van der Waals surface area contributed by atoms with Crippen LogP contribution in [0.1, 0.15) is 144 Å². The van der Waals surface area contributed by atoms with Crippen LogP contribution in [0.3, 0.4) is 0 Å². The number of ketones is 4. The van der Waals surface area contributed by atoms with E-state index in [1.165, 1.54) is 33.1 Å². The van der Waals surface area contributed by atoms with E-state index in [9.17, 15) is 24.0 Å². The van der Waals surface area contributed by atoms with E-state index >= 15 is 0 Å². The fourth-order valence-electron chi connectivity index (χ4n) is 11.7. The number of hydroxylamine groups is 3. The average Bonchev–Trinajstić information content (AvgIpc) is 3.69. The van der Waals surface area contributed by atoms with Crippen LogP contribution < -0.4 is 10.8 Å². The van der Waals surface area contributed by atoms with E-state index in [-0.39, 0.29) is 93.8 Å². The minimum Gasteiger partial charge on any atom is -0.356 e. The molecule has 1 saturated heterocycles. The summed E-state index contributed by atoms with van der Waals surface area (Å²) in [5, 5.41) is 4.90. The number of hydrogen-bond acceptors (Lipinski definition) is 9. The second-order valence-corrected chi connectivity index (χ2v) is 17.6. The number of Topliss-reactive ketones (excluding diaryl/α,β-unsaturated/α-hetero) is 4. The molecule has 6 unspecified atom stereocenters. The molecule has 0 spiro atoms. The van der Waals surface area contributed by atoms with Crippen LogP contribution in [-0.4, -0.2) is 72.0 Å². The van der Waals surface area contributed by atoms with Gasteiger partial charge in [0.2, 0.25) is 5.91 Å². The molecular formula is C41H70N3O7P. The van der Waals surface area contributed by atoms with Crippen LogP contribution in [0.15, 0.2) is 0 Å². The first-order valence-electron chi connectivity index (χ1n) is 20.4. The Morgan fingerprint density at radius 3 is 2.25 bits per heavy atom. The third-order valence-corrected chi connectivity index (χ3v) is 14.4. The van der Waals surface area contributed by atoms with Crippen molar-refractivity contribution in [2.45, 2.75) is 163 Å². The summed E-state index contributed by atoms with van der Waals surface area (Å²) in [7, 11) is 0. The van der Waals surface area contributed by atoms with Gasteiger partial charge in [0.1, 0.15) is 17.3 Å². The third-order valence-electron chi connectivity index (χ3n) is 14.4. The number of nitrogens with one attached hydrogen (secondary N) is 2.